The SMILES string of the molecule is Cl.O=C(NCC1CNCC1O)C(F)(F)c1ccc(F)cc1. The minimum absolute atomic E-state index is 0. The van der Waals surface area contributed by atoms with Gasteiger partial charge in [-0.15, -0.1) is 12.4 Å². The van der Waals surface area contributed by atoms with Crippen molar-refractivity contribution in [2.75, 3.05) is 19.6 Å². The van der Waals surface area contributed by atoms with Gasteiger partial charge in [-0.25, -0.2) is 4.39 Å². The van der Waals surface area contributed by atoms with Crippen LogP contribution >= 0.6 is 12.4 Å². The van der Waals surface area contributed by atoms with E-state index in [2.05, 4.69) is 10.6 Å². The number of nitrogens with one attached hydrogen (secondary N) is 2. The molecule has 0 bridgehead atoms. The van der Waals surface area contributed by atoms with Gasteiger partial charge >= 0.3 is 5.92 Å². The van der Waals surface area contributed by atoms with Gasteiger partial charge in [0, 0.05) is 31.1 Å². The molecule has 118 valence electrons. The lowest BCUT2D eigenvalue weighted by Crippen LogP contribution is -2.42. The summed E-state index contributed by atoms with van der Waals surface area (Å²) < 4.78 is 40.4. The third-order valence-electron chi connectivity index (χ3n) is 3.32. The van der Waals surface area contributed by atoms with Gasteiger partial charge in [0.05, 0.1) is 6.10 Å². The van der Waals surface area contributed by atoms with Crippen molar-refractivity contribution in [1.82, 2.24) is 10.6 Å². The molecule has 1 amide bonds. The third-order valence-corrected chi connectivity index (χ3v) is 3.32. The average Bonchev–Trinajstić information content (AvgIpc) is 2.82. The number of benzene rings is 1. The summed E-state index contributed by atoms with van der Waals surface area (Å²) in [6.07, 6.45) is -0.658. The fraction of sp³-hybridized carbons (Fsp3) is 0.462. The van der Waals surface area contributed by atoms with Crippen molar-refractivity contribution in [1.29, 1.82) is 0 Å². The molecule has 2 atom stereocenters. The highest BCUT2D eigenvalue weighted by Crippen LogP contribution is 2.28. The van der Waals surface area contributed by atoms with Crippen LogP contribution in [0, 0.1) is 11.7 Å². The second-order valence-corrected chi connectivity index (χ2v) is 4.78. The van der Waals surface area contributed by atoms with E-state index in [1.165, 1.54) is 0 Å². The summed E-state index contributed by atoms with van der Waals surface area (Å²) in [4.78, 5) is 11.6. The molecule has 1 aromatic rings. The zero-order valence-electron chi connectivity index (χ0n) is 11.0. The first-order chi connectivity index (χ1) is 9.41. The number of hydrogen-bond acceptors (Lipinski definition) is 3. The van der Waals surface area contributed by atoms with Gasteiger partial charge in [0.25, 0.3) is 5.91 Å². The highest BCUT2D eigenvalue weighted by molar-refractivity contribution is 5.85. The number of rotatable bonds is 4. The highest BCUT2D eigenvalue weighted by atomic mass is 35.5. The quantitative estimate of drug-likeness (QED) is 0.775. The summed E-state index contributed by atoms with van der Waals surface area (Å²) in [5.74, 6) is -6.12. The van der Waals surface area contributed by atoms with Gasteiger partial charge in [0.15, 0.2) is 0 Å². The van der Waals surface area contributed by atoms with Crippen LogP contribution in [0.5, 0.6) is 0 Å². The van der Waals surface area contributed by atoms with E-state index in [1.807, 2.05) is 0 Å². The lowest BCUT2D eigenvalue weighted by molar-refractivity contribution is -0.147. The maximum Gasteiger partial charge on any atom is 0.349 e. The van der Waals surface area contributed by atoms with E-state index >= 15 is 0 Å². The van der Waals surface area contributed by atoms with Crippen molar-refractivity contribution in [3.8, 4) is 0 Å². The Labute approximate surface area is 126 Å². The molecule has 0 saturated carbocycles. The number of alkyl halides is 2. The van der Waals surface area contributed by atoms with Gasteiger partial charge in [0.1, 0.15) is 5.82 Å². The van der Waals surface area contributed by atoms with Crippen LogP contribution in [0.25, 0.3) is 0 Å². The first kappa shape index (κ1) is 17.7. The number of halogens is 4. The molecule has 0 aromatic heterocycles. The molecule has 1 aromatic carbocycles. The Morgan fingerprint density at radius 2 is 1.95 bits per heavy atom. The molecule has 3 N–H and O–H groups in total. The molecule has 1 aliphatic heterocycles. The fourth-order valence-corrected chi connectivity index (χ4v) is 2.05. The molecule has 1 saturated heterocycles. The second-order valence-electron chi connectivity index (χ2n) is 4.78. The molecule has 21 heavy (non-hydrogen) atoms. The number of aliphatic hydroxyl groups is 1. The predicted molar refractivity (Wildman–Crippen MR) is 72.9 cm³/mol. The largest absolute Gasteiger partial charge is 0.391 e. The smallest absolute Gasteiger partial charge is 0.349 e. The van der Waals surface area contributed by atoms with Crippen molar-refractivity contribution < 1.29 is 23.1 Å². The normalized spacial score (nSPS) is 21.7. The number of β-amino-alcohol motifs (C(OH)–C–C–N with tert-alkyl or cyclic N) is 1. The Kier molecular flexibility index (Phi) is 6.00. The van der Waals surface area contributed by atoms with Gasteiger partial charge in [-0.1, -0.05) is 0 Å². The van der Waals surface area contributed by atoms with E-state index in [9.17, 15) is 23.1 Å². The minimum atomic E-state index is -3.73. The van der Waals surface area contributed by atoms with Crippen LogP contribution in [0.4, 0.5) is 13.2 Å². The van der Waals surface area contributed by atoms with E-state index in [4.69, 9.17) is 0 Å². The van der Waals surface area contributed by atoms with Crippen molar-refractivity contribution in [2.24, 2.45) is 5.92 Å². The van der Waals surface area contributed by atoms with Gasteiger partial charge in [0.2, 0.25) is 0 Å². The Balaban J connectivity index is 0.00000220. The summed E-state index contributed by atoms with van der Waals surface area (Å²) >= 11 is 0. The lowest BCUT2D eigenvalue weighted by atomic mass is 10.1. The molecule has 2 unspecified atom stereocenters. The topological polar surface area (TPSA) is 61.4 Å². The highest BCUT2D eigenvalue weighted by Gasteiger charge is 2.41. The van der Waals surface area contributed by atoms with Gasteiger partial charge in [-0.05, 0) is 24.3 Å². The molecule has 0 aliphatic carbocycles. The number of carbonyl (C=O) groups excluding carboxylic acids is 1. The molecular weight excluding hydrogens is 309 g/mol. The van der Waals surface area contributed by atoms with Gasteiger partial charge in [-0.2, -0.15) is 8.78 Å². The standard InChI is InChI=1S/C13H15F3N2O2.ClH/c14-10-3-1-9(2-4-10)13(15,16)12(20)18-6-8-5-17-7-11(8)19;/h1-4,8,11,17,19H,5-7H2,(H,18,20);1H. The molecule has 4 nitrogen and oxygen atoms in total. The molecule has 8 heteroatoms. The van der Waals surface area contributed by atoms with Crippen LogP contribution in [0.2, 0.25) is 0 Å². The van der Waals surface area contributed by atoms with Crippen molar-refractivity contribution in [3.05, 3.63) is 35.6 Å². The Morgan fingerprint density at radius 3 is 2.48 bits per heavy atom. The van der Waals surface area contributed by atoms with Gasteiger partial charge < -0.3 is 15.7 Å². The Hall–Kier alpha value is -1.31. The van der Waals surface area contributed by atoms with Crippen LogP contribution < -0.4 is 10.6 Å². The molecule has 1 heterocycles. The molecule has 1 fully saturated rings. The minimum Gasteiger partial charge on any atom is -0.391 e. The van der Waals surface area contributed by atoms with Crippen LogP contribution in [0.15, 0.2) is 24.3 Å². The van der Waals surface area contributed by atoms with Crippen molar-refractivity contribution >= 4 is 18.3 Å². The number of hydrogen-bond donors (Lipinski definition) is 3. The Bertz CT molecular complexity index is 485. The van der Waals surface area contributed by atoms with Crippen LogP contribution in [-0.2, 0) is 10.7 Å². The van der Waals surface area contributed by atoms with E-state index in [-0.39, 0.29) is 24.9 Å². The molecule has 0 spiro atoms. The third kappa shape index (κ3) is 4.09. The predicted octanol–water partition coefficient (Wildman–Crippen LogP) is 1.04. The lowest BCUT2D eigenvalue weighted by Gasteiger charge is -2.19. The number of aliphatic hydroxyl groups excluding tert-OH is 1. The summed E-state index contributed by atoms with van der Waals surface area (Å²) in [5, 5.41) is 14.5. The van der Waals surface area contributed by atoms with Crippen molar-refractivity contribution in [2.45, 2.75) is 12.0 Å². The molecule has 1 aliphatic rings. The van der Waals surface area contributed by atoms with E-state index in [1.54, 1.807) is 0 Å². The first-order valence-electron chi connectivity index (χ1n) is 6.22. The van der Waals surface area contributed by atoms with Gasteiger partial charge in [-0.3, -0.25) is 4.79 Å². The average molecular weight is 325 g/mol. The summed E-state index contributed by atoms with van der Waals surface area (Å²) in [5.41, 5.74) is -0.568. The monoisotopic (exact) mass is 324 g/mol. The maximum atomic E-state index is 13.8. The number of carbonyl (C=O) groups is 1. The summed E-state index contributed by atoms with van der Waals surface area (Å²) in [6, 6.07) is 3.50. The zero-order chi connectivity index (χ0) is 14.8. The second kappa shape index (κ2) is 7.11. The first-order valence-corrected chi connectivity index (χ1v) is 6.22. The molecule has 0 radical (unpaired) electrons. The zero-order valence-corrected chi connectivity index (χ0v) is 11.8. The summed E-state index contributed by atoms with van der Waals surface area (Å²) in [6.45, 7) is 0.808. The van der Waals surface area contributed by atoms with E-state index < -0.39 is 29.3 Å². The van der Waals surface area contributed by atoms with E-state index in [0.29, 0.717) is 13.1 Å². The van der Waals surface area contributed by atoms with Crippen LogP contribution in [0.3, 0.4) is 0 Å². The maximum absolute atomic E-state index is 13.8. The van der Waals surface area contributed by atoms with Crippen LogP contribution in [0.1, 0.15) is 5.56 Å². The van der Waals surface area contributed by atoms with Crippen LogP contribution in [-0.4, -0.2) is 36.8 Å². The van der Waals surface area contributed by atoms with E-state index in [0.717, 1.165) is 24.3 Å². The molecule has 2 rings (SSSR count). The fourth-order valence-electron chi connectivity index (χ4n) is 2.05. The Morgan fingerprint density at radius 1 is 1.33 bits per heavy atom. The number of amides is 1. The van der Waals surface area contributed by atoms with Crippen molar-refractivity contribution in [3.63, 3.8) is 0 Å². The summed E-state index contributed by atoms with van der Waals surface area (Å²) in [7, 11) is 0. The molecular formula is C13H16ClF3N2O2.